The third-order valence-corrected chi connectivity index (χ3v) is 5.01. The number of carbonyl (C=O) groups excluding carboxylic acids is 1. The molecule has 0 aliphatic rings. The van der Waals surface area contributed by atoms with Crippen molar-refractivity contribution in [3.63, 3.8) is 0 Å². The number of carbonyl (C=O) groups is 1. The fourth-order valence-electron chi connectivity index (χ4n) is 3.67. The van der Waals surface area contributed by atoms with Crippen LogP contribution in [0.2, 0.25) is 0 Å². The Hall–Kier alpha value is -3.92. The summed E-state index contributed by atoms with van der Waals surface area (Å²) in [5.41, 5.74) is 6.08. The molecule has 0 unspecified atom stereocenters. The number of ether oxygens (including phenoxy) is 1. The Morgan fingerprint density at radius 3 is 2.50 bits per heavy atom. The fourth-order valence-corrected chi connectivity index (χ4v) is 3.67. The van der Waals surface area contributed by atoms with E-state index >= 15 is 0 Å². The summed E-state index contributed by atoms with van der Waals surface area (Å²) in [6.45, 7) is 5.65. The molecule has 0 saturated heterocycles. The first-order chi connectivity index (χ1) is 14.7. The molecular formula is C26H22N2O2. The van der Waals surface area contributed by atoms with Crippen molar-refractivity contribution in [3.8, 4) is 5.75 Å². The van der Waals surface area contributed by atoms with Crippen molar-refractivity contribution in [1.82, 2.24) is 9.61 Å². The summed E-state index contributed by atoms with van der Waals surface area (Å²) in [5.74, 6) is 0.00832. The number of fused-ring (bicyclic) bond motifs is 1. The Balaban J connectivity index is 2.05. The van der Waals surface area contributed by atoms with Gasteiger partial charge in [-0.2, -0.15) is 5.10 Å². The van der Waals surface area contributed by atoms with Gasteiger partial charge in [0.25, 0.3) is 0 Å². The van der Waals surface area contributed by atoms with Crippen molar-refractivity contribution in [3.05, 3.63) is 115 Å². The lowest BCUT2D eigenvalue weighted by Gasteiger charge is -2.17. The van der Waals surface area contributed by atoms with Gasteiger partial charge in [-0.1, -0.05) is 68.1 Å². The van der Waals surface area contributed by atoms with Crippen molar-refractivity contribution in [1.29, 1.82) is 0 Å². The van der Waals surface area contributed by atoms with Gasteiger partial charge in [-0.25, -0.2) is 9.31 Å². The third-order valence-electron chi connectivity index (χ3n) is 5.01. The van der Waals surface area contributed by atoms with Crippen LogP contribution >= 0.6 is 0 Å². The summed E-state index contributed by atoms with van der Waals surface area (Å²) in [5, 5.41) is 4.54. The van der Waals surface area contributed by atoms with Crippen LogP contribution in [0, 0.1) is 0 Å². The number of aromatic nitrogens is 2. The molecule has 0 saturated carbocycles. The molecule has 148 valence electrons. The molecule has 30 heavy (non-hydrogen) atoms. The topological polar surface area (TPSA) is 43.6 Å². The second-order valence-corrected chi connectivity index (χ2v) is 6.78. The van der Waals surface area contributed by atoms with Crippen LogP contribution < -0.4 is 4.74 Å². The summed E-state index contributed by atoms with van der Waals surface area (Å²) in [7, 11) is 0. The first kappa shape index (κ1) is 19.4. The SMILES string of the molecule is C=CC(=O)Oc1ccccc1/C(=C(\CC)c1ccccc1)c1cnn2ccccc12. The molecule has 2 heterocycles. The highest BCUT2D eigenvalue weighted by atomic mass is 16.5. The molecule has 0 aliphatic heterocycles. The number of pyridine rings is 1. The van der Waals surface area contributed by atoms with Crippen LogP contribution in [-0.2, 0) is 4.79 Å². The fraction of sp³-hybridized carbons (Fsp3) is 0.0769. The van der Waals surface area contributed by atoms with E-state index in [1.165, 1.54) is 6.08 Å². The van der Waals surface area contributed by atoms with Gasteiger partial charge in [0.15, 0.2) is 0 Å². The van der Waals surface area contributed by atoms with Gasteiger partial charge >= 0.3 is 5.97 Å². The largest absolute Gasteiger partial charge is 0.423 e. The number of hydrogen-bond acceptors (Lipinski definition) is 3. The summed E-state index contributed by atoms with van der Waals surface area (Å²) in [4.78, 5) is 12.0. The van der Waals surface area contributed by atoms with Gasteiger partial charge in [0.2, 0.25) is 0 Å². The van der Waals surface area contributed by atoms with E-state index in [0.717, 1.165) is 39.8 Å². The predicted octanol–water partition coefficient (Wildman–Crippen LogP) is 5.79. The van der Waals surface area contributed by atoms with Gasteiger partial charge in [-0.15, -0.1) is 0 Å². The van der Waals surface area contributed by atoms with Gasteiger partial charge in [0.1, 0.15) is 5.75 Å². The van der Waals surface area contributed by atoms with Gasteiger partial charge in [0, 0.05) is 29.0 Å². The highest BCUT2D eigenvalue weighted by Crippen LogP contribution is 2.39. The third kappa shape index (κ3) is 3.67. The van der Waals surface area contributed by atoms with Crippen molar-refractivity contribution >= 4 is 22.6 Å². The molecule has 0 aliphatic carbocycles. The first-order valence-electron chi connectivity index (χ1n) is 9.88. The Morgan fingerprint density at radius 1 is 1.00 bits per heavy atom. The molecule has 0 amide bonds. The van der Waals surface area contributed by atoms with Crippen LogP contribution in [0.25, 0.3) is 16.7 Å². The molecule has 4 aromatic rings. The van der Waals surface area contributed by atoms with E-state index in [9.17, 15) is 4.79 Å². The lowest BCUT2D eigenvalue weighted by molar-refractivity contribution is -0.128. The molecule has 0 spiro atoms. The monoisotopic (exact) mass is 394 g/mol. The van der Waals surface area contributed by atoms with E-state index in [-0.39, 0.29) is 0 Å². The van der Waals surface area contributed by atoms with Gasteiger partial charge in [-0.05, 0) is 35.8 Å². The highest BCUT2D eigenvalue weighted by molar-refractivity contribution is 6.03. The van der Waals surface area contributed by atoms with Crippen molar-refractivity contribution < 1.29 is 9.53 Å². The maximum absolute atomic E-state index is 12.0. The molecule has 4 rings (SSSR count). The van der Waals surface area contributed by atoms with Gasteiger partial charge in [-0.3, -0.25) is 0 Å². The summed E-state index contributed by atoms with van der Waals surface area (Å²) in [6.07, 6.45) is 5.77. The highest BCUT2D eigenvalue weighted by Gasteiger charge is 2.20. The van der Waals surface area contributed by atoms with Crippen LogP contribution in [0.4, 0.5) is 0 Å². The molecule has 0 radical (unpaired) electrons. The lowest BCUT2D eigenvalue weighted by atomic mass is 9.88. The van der Waals surface area contributed by atoms with Crippen LogP contribution in [-0.4, -0.2) is 15.6 Å². The Kier molecular flexibility index (Phi) is 5.57. The average Bonchev–Trinajstić information content (AvgIpc) is 3.22. The standard InChI is InChI=1S/C26H22N2O2/c1-3-20(19-12-6-5-7-13-19)26(22-18-27-28-17-11-10-15-23(22)28)21-14-8-9-16-24(21)30-25(29)4-2/h4-18H,2-3H2,1H3/b26-20-. The Morgan fingerprint density at radius 2 is 1.73 bits per heavy atom. The molecule has 0 atom stereocenters. The summed E-state index contributed by atoms with van der Waals surface area (Å²) in [6, 6.07) is 23.8. The number of benzene rings is 2. The second-order valence-electron chi connectivity index (χ2n) is 6.78. The molecule has 0 fully saturated rings. The maximum Gasteiger partial charge on any atom is 0.335 e. The number of hydrogen-bond donors (Lipinski definition) is 0. The minimum absolute atomic E-state index is 0.487. The zero-order chi connectivity index (χ0) is 20.9. The number of para-hydroxylation sites is 1. The Labute approximate surface area is 175 Å². The minimum Gasteiger partial charge on any atom is -0.423 e. The van der Waals surface area contributed by atoms with E-state index in [2.05, 4.69) is 30.7 Å². The number of allylic oxidation sites excluding steroid dienone is 1. The second kappa shape index (κ2) is 8.62. The van der Waals surface area contributed by atoms with Gasteiger partial charge in [0.05, 0.1) is 11.7 Å². The van der Waals surface area contributed by atoms with E-state index in [0.29, 0.717) is 5.75 Å². The quantitative estimate of drug-likeness (QED) is 0.180. The molecule has 4 nitrogen and oxygen atoms in total. The van der Waals surface area contributed by atoms with E-state index in [1.54, 1.807) is 6.07 Å². The molecule has 2 aromatic heterocycles. The molecular weight excluding hydrogens is 372 g/mol. The minimum atomic E-state index is -0.487. The predicted molar refractivity (Wildman–Crippen MR) is 120 cm³/mol. The molecule has 4 heteroatoms. The van der Waals surface area contributed by atoms with Crippen molar-refractivity contribution in [2.75, 3.05) is 0 Å². The molecule has 2 aromatic carbocycles. The average molecular weight is 394 g/mol. The van der Waals surface area contributed by atoms with E-state index in [1.807, 2.05) is 71.5 Å². The number of esters is 1. The van der Waals surface area contributed by atoms with Crippen LogP contribution in [0.15, 0.2) is 97.8 Å². The summed E-state index contributed by atoms with van der Waals surface area (Å²) < 4.78 is 7.45. The normalized spacial score (nSPS) is 11.8. The van der Waals surface area contributed by atoms with Gasteiger partial charge < -0.3 is 4.74 Å². The van der Waals surface area contributed by atoms with Crippen LogP contribution in [0.3, 0.4) is 0 Å². The number of nitrogens with zero attached hydrogens (tertiary/aromatic N) is 2. The first-order valence-corrected chi connectivity index (χ1v) is 9.88. The zero-order valence-electron chi connectivity index (χ0n) is 16.8. The van der Waals surface area contributed by atoms with Crippen molar-refractivity contribution in [2.45, 2.75) is 13.3 Å². The Bertz CT molecular complexity index is 1240. The van der Waals surface area contributed by atoms with Crippen LogP contribution in [0.5, 0.6) is 5.75 Å². The van der Waals surface area contributed by atoms with E-state index in [4.69, 9.17) is 4.74 Å². The van der Waals surface area contributed by atoms with Crippen molar-refractivity contribution in [2.24, 2.45) is 0 Å². The lowest BCUT2D eigenvalue weighted by Crippen LogP contribution is -2.06. The maximum atomic E-state index is 12.0. The number of rotatable bonds is 6. The zero-order valence-corrected chi connectivity index (χ0v) is 16.8. The van der Waals surface area contributed by atoms with E-state index < -0.39 is 5.97 Å². The molecule has 0 bridgehead atoms. The van der Waals surface area contributed by atoms with Crippen LogP contribution in [0.1, 0.15) is 30.0 Å². The smallest absolute Gasteiger partial charge is 0.335 e. The summed E-state index contributed by atoms with van der Waals surface area (Å²) >= 11 is 0. The molecule has 0 N–H and O–H groups in total.